The molecule has 0 saturated carbocycles. The maximum Gasteiger partial charge on any atom is 0.251 e. The first kappa shape index (κ1) is 19.3. The van der Waals surface area contributed by atoms with Gasteiger partial charge in [0.15, 0.2) is 9.84 Å². The van der Waals surface area contributed by atoms with Crippen LogP contribution in [-0.2, 0) is 9.84 Å². The molecule has 0 aliphatic rings. The highest BCUT2D eigenvalue weighted by Crippen LogP contribution is 2.31. The predicted octanol–water partition coefficient (Wildman–Crippen LogP) is 4.14. The molecule has 140 valence electrons. The summed E-state index contributed by atoms with van der Waals surface area (Å²) in [4.78, 5) is 12.5. The van der Waals surface area contributed by atoms with Crippen molar-refractivity contribution >= 4 is 27.1 Å². The molecule has 1 N–H and O–H groups in total. The Morgan fingerprint density at radius 2 is 1.78 bits per heavy atom. The Morgan fingerprint density at radius 1 is 1.07 bits per heavy atom. The number of nitrogens with one attached hydrogen (secondary N) is 1. The molecule has 0 bridgehead atoms. The number of rotatable bonds is 6. The molecule has 0 spiro atoms. The number of hydrogen-bond donors (Lipinski definition) is 1. The standard InChI is InChI=1S/C20H18FNO3S2/c1-14-5-2-3-6-17(14)20(23)22-13-18(15-8-10-16(21)11-9-15)27(24,25)19-7-4-12-26-19/h2-12,18H,13H2,1H3,(H,22,23)/t18-/m1/s1. The van der Waals surface area contributed by atoms with E-state index in [4.69, 9.17) is 0 Å². The van der Waals surface area contributed by atoms with Gasteiger partial charge in [-0.1, -0.05) is 36.4 Å². The van der Waals surface area contributed by atoms with Crippen molar-refractivity contribution in [3.8, 4) is 0 Å². The molecule has 1 atom stereocenters. The molecule has 2 aromatic carbocycles. The summed E-state index contributed by atoms with van der Waals surface area (Å²) in [6.45, 7) is 1.70. The molecule has 3 aromatic rings. The lowest BCUT2D eigenvalue weighted by molar-refractivity contribution is 0.0953. The van der Waals surface area contributed by atoms with E-state index in [1.165, 1.54) is 30.3 Å². The molecule has 0 radical (unpaired) electrons. The molecule has 4 nitrogen and oxygen atoms in total. The average Bonchev–Trinajstić information content (AvgIpc) is 3.19. The summed E-state index contributed by atoms with van der Waals surface area (Å²) in [6.07, 6.45) is 0. The molecule has 1 heterocycles. The Kier molecular flexibility index (Phi) is 5.72. The molecule has 27 heavy (non-hydrogen) atoms. The maximum absolute atomic E-state index is 13.3. The Labute approximate surface area is 161 Å². The molecule has 3 rings (SSSR count). The van der Waals surface area contributed by atoms with E-state index in [0.717, 1.165) is 16.9 Å². The summed E-state index contributed by atoms with van der Waals surface area (Å²) in [5, 5.41) is 3.39. The van der Waals surface area contributed by atoms with Gasteiger partial charge < -0.3 is 5.32 Å². The highest BCUT2D eigenvalue weighted by molar-refractivity contribution is 7.93. The van der Waals surface area contributed by atoms with Crippen LogP contribution < -0.4 is 5.32 Å². The SMILES string of the molecule is Cc1ccccc1C(=O)NC[C@H](c1ccc(F)cc1)S(=O)(=O)c1cccs1. The van der Waals surface area contributed by atoms with Crippen LogP contribution in [0.5, 0.6) is 0 Å². The molecular formula is C20H18FNO3S2. The zero-order chi connectivity index (χ0) is 19.4. The van der Waals surface area contributed by atoms with Gasteiger partial charge in [-0.05, 0) is 47.7 Å². The fourth-order valence-electron chi connectivity index (χ4n) is 2.76. The first-order valence-corrected chi connectivity index (χ1v) is 10.7. The van der Waals surface area contributed by atoms with Crippen LogP contribution in [-0.4, -0.2) is 20.9 Å². The van der Waals surface area contributed by atoms with E-state index in [0.29, 0.717) is 11.1 Å². The Bertz CT molecular complexity index is 1030. The quantitative estimate of drug-likeness (QED) is 0.673. The van der Waals surface area contributed by atoms with Gasteiger partial charge in [0, 0.05) is 12.1 Å². The largest absolute Gasteiger partial charge is 0.350 e. The van der Waals surface area contributed by atoms with Crippen LogP contribution in [0.1, 0.15) is 26.7 Å². The van der Waals surface area contributed by atoms with Gasteiger partial charge in [-0.25, -0.2) is 12.8 Å². The van der Waals surface area contributed by atoms with Crippen molar-refractivity contribution in [2.45, 2.75) is 16.4 Å². The zero-order valence-corrected chi connectivity index (χ0v) is 16.2. The van der Waals surface area contributed by atoms with Crippen LogP contribution in [0.25, 0.3) is 0 Å². The lowest BCUT2D eigenvalue weighted by Crippen LogP contribution is -2.32. The number of carbonyl (C=O) groups excluding carboxylic acids is 1. The van der Waals surface area contributed by atoms with Gasteiger partial charge in [0.05, 0.1) is 0 Å². The molecule has 0 aliphatic heterocycles. The number of amides is 1. The second kappa shape index (κ2) is 8.02. The van der Waals surface area contributed by atoms with Crippen molar-refractivity contribution in [2.24, 2.45) is 0 Å². The van der Waals surface area contributed by atoms with E-state index in [-0.39, 0.29) is 16.7 Å². The van der Waals surface area contributed by atoms with Gasteiger partial charge in [-0.2, -0.15) is 0 Å². The summed E-state index contributed by atoms with van der Waals surface area (Å²) in [7, 11) is -3.73. The number of halogens is 1. The van der Waals surface area contributed by atoms with Crippen molar-refractivity contribution in [1.29, 1.82) is 0 Å². The lowest BCUT2D eigenvalue weighted by atomic mass is 10.1. The van der Waals surface area contributed by atoms with Crippen LogP contribution in [0.15, 0.2) is 70.3 Å². The van der Waals surface area contributed by atoms with E-state index in [2.05, 4.69) is 5.32 Å². The number of sulfone groups is 1. The van der Waals surface area contributed by atoms with Crippen LogP contribution >= 0.6 is 11.3 Å². The van der Waals surface area contributed by atoms with Gasteiger partial charge in [-0.3, -0.25) is 4.79 Å². The highest BCUT2D eigenvalue weighted by atomic mass is 32.2. The van der Waals surface area contributed by atoms with E-state index in [9.17, 15) is 17.6 Å². The number of hydrogen-bond acceptors (Lipinski definition) is 4. The van der Waals surface area contributed by atoms with Crippen LogP contribution in [0.2, 0.25) is 0 Å². The first-order chi connectivity index (χ1) is 12.9. The first-order valence-electron chi connectivity index (χ1n) is 8.26. The van der Waals surface area contributed by atoms with Crippen molar-refractivity contribution in [3.05, 3.63) is 88.6 Å². The highest BCUT2D eigenvalue weighted by Gasteiger charge is 2.30. The molecule has 0 aliphatic carbocycles. The molecule has 1 amide bonds. The molecular weight excluding hydrogens is 385 g/mol. The minimum atomic E-state index is -3.73. The zero-order valence-electron chi connectivity index (χ0n) is 14.6. The third-order valence-electron chi connectivity index (χ3n) is 4.23. The third-order valence-corrected chi connectivity index (χ3v) is 7.76. The Hall–Kier alpha value is -2.51. The predicted molar refractivity (Wildman–Crippen MR) is 104 cm³/mol. The fraction of sp³-hybridized carbons (Fsp3) is 0.150. The number of aryl methyl sites for hydroxylation is 1. The van der Waals surface area contributed by atoms with Crippen LogP contribution in [0.3, 0.4) is 0 Å². The van der Waals surface area contributed by atoms with Crippen molar-refractivity contribution < 1.29 is 17.6 Å². The molecule has 0 unspecified atom stereocenters. The minimum absolute atomic E-state index is 0.112. The van der Waals surface area contributed by atoms with Crippen molar-refractivity contribution in [2.75, 3.05) is 6.54 Å². The smallest absolute Gasteiger partial charge is 0.251 e. The molecule has 0 saturated heterocycles. The van der Waals surface area contributed by atoms with E-state index >= 15 is 0 Å². The maximum atomic E-state index is 13.3. The van der Waals surface area contributed by atoms with Gasteiger partial charge >= 0.3 is 0 Å². The number of thiophene rings is 1. The van der Waals surface area contributed by atoms with Crippen LogP contribution in [0.4, 0.5) is 4.39 Å². The van der Waals surface area contributed by atoms with E-state index < -0.39 is 20.9 Å². The third kappa shape index (κ3) is 4.26. The Balaban J connectivity index is 1.90. The topological polar surface area (TPSA) is 63.2 Å². The summed E-state index contributed by atoms with van der Waals surface area (Å²) < 4.78 is 39.6. The summed E-state index contributed by atoms with van der Waals surface area (Å²) in [5.41, 5.74) is 1.72. The van der Waals surface area contributed by atoms with Crippen molar-refractivity contribution in [3.63, 3.8) is 0 Å². The summed E-state index contributed by atoms with van der Waals surface area (Å²) >= 11 is 1.11. The van der Waals surface area contributed by atoms with Crippen LogP contribution in [0, 0.1) is 12.7 Å². The number of carbonyl (C=O) groups is 1. The second-order valence-corrected chi connectivity index (χ2v) is 9.35. The fourth-order valence-corrected chi connectivity index (χ4v) is 5.62. The monoisotopic (exact) mass is 403 g/mol. The number of benzene rings is 2. The van der Waals surface area contributed by atoms with Gasteiger partial charge in [0.1, 0.15) is 15.3 Å². The molecule has 1 aromatic heterocycles. The Morgan fingerprint density at radius 3 is 2.41 bits per heavy atom. The van der Waals surface area contributed by atoms with Gasteiger partial charge in [-0.15, -0.1) is 11.3 Å². The van der Waals surface area contributed by atoms with Gasteiger partial charge in [0.25, 0.3) is 5.91 Å². The van der Waals surface area contributed by atoms with E-state index in [1.807, 2.05) is 19.1 Å². The summed E-state index contributed by atoms with van der Waals surface area (Å²) in [6, 6.07) is 15.6. The average molecular weight is 404 g/mol. The molecule has 0 fully saturated rings. The summed E-state index contributed by atoms with van der Waals surface area (Å²) in [5.74, 6) is -0.795. The van der Waals surface area contributed by atoms with E-state index in [1.54, 1.807) is 23.6 Å². The normalized spacial score (nSPS) is 12.5. The lowest BCUT2D eigenvalue weighted by Gasteiger charge is -2.18. The minimum Gasteiger partial charge on any atom is -0.350 e. The molecule has 7 heteroatoms. The second-order valence-electron chi connectivity index (χ2n) is 6.04. The van der Waals surface area contributed by atoms with Gasteiger partial charge in [0.2, 0.25) is 0 Å². The van der Waals surface area contributed by atoms with Crippen molar-refractivity contribution in [1.82, 2.24) is 5.32 Å².